The smallest absolute Gasteiger partial charge is 0.0541 e. The molecule has 0 fully saturated rings. The highest BCUT2D eigenvalue weighted by Gasteiger charge is 2.23. The predicted molar refractivity (Wildman–Crippen MR) is 210 cm³/mol. The van der Waals surface area contributed by atoms with Gasteiger partial charge >= 0.3 is 0 Å². The molecule has 2 heteroatoms. The summed E-state index contributed by atoms with van der Waals surface area (Å²) in [5.74, 6) is 0. The van der Waals surface area contributed by atoms with E-state index in [1.54, 1.807) is 0 Å². The second kappa shape index (κ2) is 10.6. The van der Waals surface area contributed by atoms with E-state index in [9.17, 15) is 0 Å². The quantitative estimate of drug-likeness (QED) is 0.179. The zero-order chi connectivity index (χ0) is 34.6. The Kier molecular flexibility index (Phi) is 7.12. The van der Waals surface area contributed by atoms with E-state index >= 15 is 0 Å². The molecule has 246 valence electrons. The Morgan fingerprint density at radius 3 is 0.792 bits per heavy atom. The lowest BCUT2D eigenvalue weighted by Gasteiger charge is -2.19. The van der Waals surface area contributed by atoms with E-state index in [0.717, 1.165) is 0 Å². The highest BCUT2D eigenvalue weighted by Crippen LogP contribution is 2.40. The van der Waals surface area contributed by atoms with Crippen LogP contribution in [-0.4, -0.2) is 9.13 Å². The van der Waals surface area contributed by atoms with Crippen LogP contribution in [-0.2, 0) is 21.7 Å². The molecule has 0 radical (unpaired) electrons. The lowest BCUT2D eigenvalue weighted by Crippen LogP contribution is -2.10. The monoisotopic (exact) mass is 632 g/mol. The highest BCUT2D eigenvalue weighted by molar-refractivity contribution is 6.11. The summed E-state index contributed by atoms with van der Waals surface area (Å²) in [7, 11) is 0. The molecular weight excluding hydrogens is 581 g/mol. The van der Waals surface area contributed by atoms with Crippen LogP contribution in [0, 0.1) is 0 Å². The Morgan fingerprint density at radius 1 is 0.312 bits per heavy atom. The van der Waals surface area contributed by atoms with Gasteiger partial charge in [-0.05, 0) is 111 Å². The molecule has 0 atom stereocenters. The van der Waals surface area contributed by atoms with Crippen molar-refractivity contribution >= 4 is 43.6 Å². The minimum atomic E-state index is 0.0699. The maximum absolute atomic E-state index is 2.47. The van der Waals surface area contributed by atoms with Gasteiger partial charge in [-0.2, -0.15) is 0 Å². The third-order valence-electron chi connectivity index (χ3n) is 10.3. The summed E-state index contributed by atoms with van der Waals surface area (Å²) in [6.07, 6.45) is 0. The zero-order valence-corrected chi connectivity index (χ0v) is 31.1. The number of hydrogen-bond acceptors (Lipinski definition) is 0. The third kappa shape index (κ3) is 5.34. The van der Waals surface area contributed by atoms with Gasteiger partial charge in [0.15, 0.2) is 0 Å². The van der Waals surface area contributed by atoms with E-state index in [1.807, 2.05) is 0 Å². The van der Waals surface area contributed by atoms with E-state index in [4.69, 9.17) is 0 Å². The van der Waals surface area contributed by atoms with Gasteiger partial charge in [-0.15, -0.1) is 0 Å². The molecule has 7 aromatic rings. The Labute approximate surface area is 287 Å². The fraction of sp³-hybridized carbons (Fsp3) is 0.348. The number of rotatable bonds is 2. The topological polar surface area (TPSA) is 9.86 Å². The fourth-order valence-corrected chi connectivity index (χ4v) is 7.24. The van der Waals surface area contributed by atoms with Crippen LogP contribution in [0.2, 0.25) is 0 Å². The van der Waals surface area contributed by atoms with Crippen LogP contribution < -0.4 is 0 Å². The van der Waals surface area contributed by atoms with Gasteiger partial charge in [-0.1, -0.05) is 113 Å². The second-order valence-electron chi connectivity index (χ2n) is 18.1. The van der Waals surface area contributed by atoms with Crippen LogP contribution in [0.5, 0.6) is 0 Å². The molecule has 2 nitrogen and oxygen atoms in total. The van der Waals surface area contributed by atoms with E-state index in [0.29, 0.717) is 0 Å². The Bertz CT molecular complexity index is 2060. The first-order valence-electron chi connectivity index (χ1n) is 17.6. The van der Waals surface area contributed by atoms with Gasteiger partial charge in [0, 0.05) is 32.9 Å². The van der Waals surface area contributed by atoms with Crippen molar-refractivity contribution in [3.8, 4) is 11.4 Å². The van der Waals surface area contributed by atoms with E-state index < -0.39 is 0 Å². The van der Waals surface area contributed by atoms with Gasteiger partial charge in [0.25, 0.3) is 0 Å². The zero-order valence-electron chi connectivity index (χ0n) is 31.1. The summed E-state index contributed by atoms with van der Waals surface area (Å²) in [4.78, 5) is 0. The van der Waals surface area contributed by atoms with Gasteiger partial charge in [0.2, 0.25) is 0 Å². The third-order valence-corrected chi connectivity index (χ3v) is 10.3. The molecule has 0 bridgehead atoms. The van der Waals surface area contributed by atoms with Crippen molar-refractivity contribution in [2.24, 2.45) is 0 Å². The molecule has 7 rings (SSSR count). The number of hydrogen-bond donors (Lipinski definition) is 0. The summed E-state index contributed by atoms with van der Waals surface area (Å²) in [6, 6.07) is 37.5. The van der Waals surface area contributed by atoms with Crippen molar-refractivity contribution in [3.63, 3.8) is 0 Å². The van der Waals surface area contributed by atoms with Gasteiger partial charge in [0.05, 0.1) is 22.1 Å². The first-order valence-corrected chi connectivity index (χ1v) is 17.6. The molecule has 0 saturated heterocycles. The van der Waals surface area contributed by atoms with Crippen molar-refractivity contribution in [1.29, 1.82) is 0 Å². The molecule has 0 unspecified atom stereocenters. The Balaban J connectivity index is 1.51. The summed E-state index contributed by atoms with van der Waals surface area (Å²) in [5, 5.41) is 5.26. The van der Waals surface area contributed by atoms with Crippen LogP contribution in [0.1, 0.15) is 105 Å². The van der Waals surface area contributed by atoms with Crippen molar-refractivity contribution in [1.82, 2.24) is 9.13 Å². The van der Waals surface area contributed by atoms with Gasteiger partial charge in [-0.3, -0.25) is 0 Å². The minimum Gasteiger partial charge on any atom is -0.309 e. The molecule has 0 aliphatic rings. The Morgan fingerprint density at radius 2 is 0.562 bits per heavy atom. The highest BCUT2D eigenvalue weighted by atomic mass is 15.0. The molecule has 48 heavy (non-hydrogen) atoms. The predicted octanol–water partition coefficient (Wildman–Crippen LogP) is 13.1. The van der Waals surface area contributed by atoms with Crippen molar-refractivity contribution in [3.05, 3.63) is 119 Å². The number of benzene rings is 5. The molecule has 0 amide bonds. The van der Waals surface area contributed by atoms with Crippen LogP contribution in [0.4, 0.5) is 0 Å². The van der Waals surface area contributed by atoms with E-state index in [-0.39, 0.29) is 21.7 Å². The molecule has 0 spiro atoms. The van der Waals surface area contributed by atoms with Crippen LogP contribution in [0.25, 0.3) is 55.0 Å². The maximum atomic E-state index is 2.47. The minimum absolute atomic E-state index is 0.0699. The van der Waals surface area contributed by atoms with Crippen LogP contribution in [0.15, 0.2) is 97.1 Å². The van der Waals surface area contributed by atoms with Gasteiger partial charge in [0.1, 0.15) is 0 Å². The van der Waals surface area contributed by atoms with Gasteiger partial charge in [-0.25, -0.2) is 0 Å². The van der Waals surface area contributed by atoms with Crippen molar-refractivity contribution in [2.45, 2.75) is 105 Å². The fourth-order valence-electron chi connectivity index (χ4n) is 7.24. The first-order chi connectivity index (χ1) is 22.3. The number of fused-ring (bicyclic) bond motifs is 6. The number of aromatic nitrogens is 2. The largest absolute Gasteiger partial charge is 0.309 e. The van der Waals surface area contributed by atoms with E-state index in [2.05, 4.69) is 189 Å². The Hall–Kier alpha value is -4.30. The molecular formula is C46H52N2. The summed E-state index contributed by atoms with van der Waals surface area (Å²) in [6.45, 7) is 27.6. The SMILES string of the molecule is CC(C)(C)c1ccc2c(c1)c1cc(C(C)(C)C)ccc1n2-c1cccc(-n2c3ccc(C(C)(C)C)cc3c3cc(C(C)(C)C)ccc32)c1. The van der Waals surface area contributed by atoms with E-state index in [1.165, 1.54) is 77.2 Å². The standard InChI is InChI=1S/C46H52N2/c1-43(2,3)29-16-20-39-35(24-29)36-25-30(44(4,5)6)17-21-40(36)47(39)33-14-13-15-34(28-33)48-41-22-18-31(45(7,8)9)26-37(41)38-27-32(46(10,11)12)19-23-42(38)48/h13-28H,1-12H3. The average molecular weight is 633 g/mol. The van der Waals surface area contributed by atoms with Gasteiger partial charge < -0.3 is 9.13 Å². The van der Waals surface area contributed by atoms with Crippen molar-refractivity contribution < 1.29 is 0 Å². The normalized spacial score (nSPS) is 13.4. The molecule has 0 saturated carbocycles. The van der Waals surface area contributed by atoms with Crippen LogP contribution >= 0.6 is 0 Å². The maximum Gasteiger partial charge on any atom is 0.0541 e. The number of nitrogens with zero attached hydrogens (tertiary/aromatic N) is 2. The summed E-state index contributed by atoms with van der Waals surface area (Å²) < 4.78 is 4.94. The summed E-state index contributed by atoms with van der Waals surface area (Å²) >= 11 is 0. The molecule has 2 aromatic heterocycles. The lowest BCUT2D eigenvalue weighted by atomic mass is 9.85. The summed E-state index contributed by atoms with van der Waals surface area (Å²) in [5.41, 5.74) is 13.0. The average Bonchev–Trinajstić information content (AvgIpc) is 3.50. The first kappa shape index (κ1) is 32.3. The molecule has 0 aliphatic heterocycles. The molecule has 2 heterocycles. The molecule has 5 aromatic carbocycles. The molecule has 0 N–H and O–H groups in total. The molecule has 0 aliphatic carbocycles. The lowest BCUT2D eigenvalue weighted by molar-refractivity contribution is 0.590. The van der Waals surface area contributed by atoms with Crippen molar-refractivity contribution in [2.75, 3.05) is 0 Å². The van der Waals surface area contributed by atoms with Crippen LogP contribution in [0.3, 0.4) is 0 Å². The second-order valence-corrected chi connectivity index (χ2v) is 18.1.